The number of nitrogens with two attached hydrogens (primary N) is 1. The van der Waals surface area contributed by atoms with E-state index in [1.165, 1.54) is 11.3 Å². The highest BCUT2D eigenvalue weighted by Crippen LogP contribution is 2.44. The van der Waals surface area contributed by atoms with Gasteiger partial charge in [0.15, 0.2) is 0 Å². The van der Waals surface area contributed by atoms with Crippen LogP contribution in [0.1, 0.15) is 32.6 Å². The first-order valence-electron chi connectivity index (χ1n) is 11.8. The smallest absolute Gasteiger partial charge is 0.256 e. The summed E-state index contributed by atoms with van der Waals surface area (Å²) in [4.78, 5) is 18.2. The normalized spacial score (nSPS) is 10.7. The summed E-state index contributed by atoms with van der Waals surface area (Å²) in [7, 11) is 0. The van der Waals surface area contributed by atoms with Crippen LogP contribution in [0.4, 0.5) is 16.5 Å². The summed E-state index contributed by atoms with van der Waals surface area (Å²) < 4.78 is 0.731. The number of nitrogens with zero attached hydrogens (tertiary/aromatic N) is 2. The van der Waals surface area contributed by atoms with Gasteiger partial charge in [0, 0.05) is 17.8 Å². The van der Waals surface area contributed by atoms with Crippen LogP contribution in [0.5, 0.6) is 0 Å². The number of aryl methyl sites for hydroxylation is 2. The molecule has 0 saturated carbocycles. The third-order valence-electron chi connectivity index (χ3n) is 6.10. The molecular weight excluding hydrogens is 478 g/mol. The molecular formula is C30H25N5OS. The number of rotatable bonds is 6. The maximum atomic E-state index is 13.6. The van der Waals surface area contributed by atoms with Gasteiger partial charge in [-0.05, 0) is 42.7 Å². The molecule has 182 valence electrons. The summed E-state index contributed by atoms with van der Waals surface area (Å²) in [6.45, 7) is 4.40. The van der Waals surface area contributed by atoms with Crippen LogP contribution in [0.2, 0.25) is 0 Å². The van der Waals surface area contributed by atoms with E-state index < -0.39 is 0 Å². The standard InChI is InChI=1S/C30H25N5OS/c1-18-11-13-21(14-12-18)24-23(16-31)28(32)35-26-25(29(36)33-17-20-8-4-3-5-9-20)30(37-27(24)26)34-22-10-6-7-19(2)15-22/h3-15,34H,17H2,1-2H3,(H2,32,35)(H,33,36). The number of hydrogen-bond donors (Lipinski definition) is 3. The summed E-state index contributed by atoms with van der Waals surface area (Å²) in [5, 5.41) is 17.1. The number of nitrogen functional groups attached to an aromatic ring is 1. The summed E-state index contributed by atoms with van der Waals surface area (Å²) in [6, 6.07) is 27.8. The van der Waals surface area contributed by atoms with Crippen LogP contribution in [0.25, 0.3) is 21.3 Å². The maximum absolute atomic E-state index is 13.6. The maximum Gasteiger partial charge on any atom is 0.256 e. The third-order valence-corrected chi connectivity index (χ3v) is 7.21. The first kappa shape index (κ1) is 24.0. The van der Waals surface area contributed by atoms with Crippen molar-refractivity contribution in [2.75, 3.05) is 11.1 Å². The largest absolute Gasteiger partial charge is 0.383 e. The van der Waals surface area contributed by atoms with Gasteiger partial charge in [0.25, 0.3) is 5.91 Å². The summed E-state index contributed by atoms with van der Waals surface area (Å²) in [6.07, 6.45) is 0. The van der Waals surface area contributed by atoms with Crippen molar-refractivity contribution in [3.8, 4) is 17.2 Å². The van der Waals surface area contributed by atoms with Gasteiger partial charge >= 0.3 is 0 Å². The van der Waals surface area contributed by atoms with Crippen molar-refractivity contribution < 1.29 is 4.79 Å². The lowest BCUT2D eigenvalue weighted by atomic mass is 9.99. The Morgan fingerprint density at radius 2 is 1.76 bits per heavy atom. The van der Waals surface area contributed by atoms with Gasteiger partial charge in [0.2, 0.25) is 0 Å². The van der Waals surface area contributed by atoms with E-state index in [1.807, 2.05) is 92.7 Å². The second kappa shape index (κ2) is 10.1. The molecule has 0 saturated heterocycles. The van der Waals surface area contributed by atoms with Crippen LogP contribution < -0.4 is 16.4 Å². The Morgan fingerprint density at radius 1 is 1.00 bits per heavy atom. The van der Waals surface area contributed by atoms with Crippen molar-refractivity contribution >= 4 is 44.0 Å². The summed E-state index contributed by atoms with van der Waals surface area (Å²) >= 11 is 1.40. The number of pyridine rings is 1. The quantitative estimate of drug-likeness (QED) is 0.239. The molecule has 0 bridgehead atoms. The summed E-state index contributed by atoms with van der Waals surface area (Å²) in [5.41, 5.74) is 13.1. The highest BCUT2D eigenvalue weighted by Gasteiger charge is 2.26. The van der Waals surface area contributed by atoms with Crippen molar-refractivity contribution in [3.05, 3.63) is 107 Å². The van der Waals surface area contributed by atoms with Crippen molar-refractivity contribution in [1.82, 2.24) is 10.3 Å². The highest BCUT2D eigenvalue weighted by molar-refractivity contribution is 7.24. The van der Waals surface area contributed by atoms with E-state index in [0.717, 1.165) is 32.6 Å². The fourth-order valence-corrected chi connectivity index (χ4v) is 5.48. The molecule has 0 unspecified atom stereocenters. The minimum atomic E-state index is -0.267. The minimum Gasteiger partial charge on any atom is -0.383 e. The average molecular weight is 504 g/mol. The van der Waals surface area contributed by atoms with Gasteiger partial charge in [0.05, 0.1) is 10.2 Å². The zero-order chi connectivity index (χ0) is 25.9. The number of carbonyl (C=O) groups excluding carboxylic acids is 1. The number of nitriles is 1. The number of aromatic nitrogens is 1. The van der Waals surface area contributed by atoms with E-state index in [-0.39, 0.29) is 11.7 Å². The molecule has 1 amide bonds. The van der Waals surface area contributed by atoms with Crippen molar-refractivity contribution in [2.45, 2.75) is 20.4 Å². The predicted molar refractivity (Wildman–Crippen MR) is 151 cm³/mol. The van der Waals surface area contributed by atoms with Crippen LogP contribution in [-0.4, -0.2) is 10.9 Å². The van der Waals surface area contributed by atoms with E-state index >= 15 is 0 Å². The predicted octanol–water partition coefficient (Wildman–Crippen LogP) is 6.71. The van der Waals surface area contributed by atoms with E-state index in [9.17, 15) is 10.1 Å². The monoisotopic (exact) mass is 503 g/mol. The van der Waals surface area contributed by atoms with E-state index in [0.29, 0.717) is 33.8 Å². The molecule has 0 aliphatic heterocycles. The molecule has 2 aromatic heterocycles. The molecule has 0 atom stereocenters. The molecule has 37 heavy (non-hydrogen) atoms. The molecule has 2 heterocycles. The van der Waals surface area contributed by atoms with Gasteiger partial charge in [-0.2, -0.15) is 5.26 Å². The van der Waals surface area contributed by atoms with Crippen LogP contribution in [0, 0.1) is 25.2 Å². The van der Waals surface area contributed by atoms with Crippen LogP contribution in [-0.2, 0) is 6.54 Å². The van der Waals surface area contributed by atoms with E-state index in [4.69, 9.17) is 5.73 Å². The third kappa shape index (κ3) is 4.88. The average Bonchev–Trinajstić information content (AvgIpc) is 3.24. The Kier molecular flexibility index (Phi) is 6.59. The summed E-state index contributed by atoms with van der Waals surface area (Å²) in [5.74, 6) is -0.167. The van der Waals surface area contributed by atoms with Crippen molar-refractivity contribution in [2.24, 2.45) is 0 Å². The molecule has 0 fully saturated rings. The first-order valence-corrected chi connectivity index (χ1v) is 12.6. The minimum absolute atomic E-state index is 0.0996. The fraction of sp³-hybridized carbons (Fsp3) is 0.100. The van der Waals surface area contributed by atoms with Gasteiger partial charge in [-0.1, -0.05) is 72.3 Å². The van der Waals surface area contributed by atoms with Gasteiger partial charge in [-0.3, -0.25) is 4.79 Å². The van der Waals surface area contributed by atoms with E-state index in [1.54, 1.807) is 0 Å². The molecule has 0 radical (unpaired) electrons. The lowest BCUT2D eigenvalue weighted by Crippen LogP contribution is -2.23. The molecule has 5 aromatic rings. The zero-order valence-electron chi connectivity index (χ0n) is 20.5. The second-order valence-corrected chi connectivity index (χ2v) is 9.89. The Morgan fingerprint density at radius 3 is 2.46 bits per heavy atom. The first-order chi connectivity index (χ1) is 17.9. The Hall–Kier alpha value is -4.67. The number of nitrogens with one attached hydrogen (secondary N) is 2. The van der Waals surface area contributed by atoms with Crippen molar-refractivity contribution in [3.63, 3.8) is 0 Å². The Bertz CT molecular complexity index is 1650. The van der Waals surface area contributed by atoms with E-state index in [2.05, 4.69) is 21.7 Å². The van der Waals surface area contributed by atoms with Crippen LogP contribution in [0.3, 0.4) is 0 Å². The number of fused-ring (bicyclic) bond motifs is 1. The molecule has 0 aliphatic carbocycles. The van der Waals surface area contributed by atoms with Gasteiger partial charge in [-0.25, -0.2) is 4.98 Å². The highest BCUT2D eigenvalue weighted by atomic mass is 32.1. The zero-order valence-corrected chi connectivity index (χ0v) is 21.3. The Balaban J connectivity index is 1.69. The SMILES string of the molecule is Cc1ccc(-c2c(C#N)c(N)nc3c(C(=O)NCc4ccccc4)c(Nc4cccc(C)c4)sc23)cc1. The lowest BCUT2D eigenvalue weighted by molar-refractivity contribution is 0.0953. The number of carbonyl (C=O) groups is 1. The molecule has 5 rings (SSSR count). The lowest BCUT2D eigenvalue weighted by Gasteiger charge is -2.10. The second-order valence-electron chi connectivity index (χ2n) is 8.87. The van der Waals surface area contributed by atoms with Crippen molar-refractivity contribution in [1.29, 1.82) is 5.26 Å². The number of hydrogen-bond acceptors (Lipinski definition) is 6. The molecule has 7 heteroatoms. The fourth-order valence-electron chi connectivity index (χ4n) is 4.24. The number of benzene rings is 3. The number of thiophene rings is 1. The van der Waals surface area contributed by atoms with Crippen LogP contribution in [0.15, 0.2) is 78.9 Å². The molecule has 0 aliphatic rings. The Labute approximate surface area is 219 Å². The molecule has 6 nitrogen and oxygen atoms in total. The van der Waals surface area contributed by atoms with Crippen LogP contribution >= 0.6 is 11.3 Å². The molecule has 3 aromatic carbocycles. The molecule has 0 spiro atoms. The number of anilines is 3. The number of amides is 1. The van der Waals surface area contributed by atoms with Gasteiger partial charge in [-0.15, -0.1) is 11.3 Å². The van der Waals surface area contributed by atoms with Gasteiger partial charge < -0.3 is 16.4 Å². The van der Waals surface area contributed by atoms with Gasteiger partial charge in [0.1, 0.15) is 28.0 Å². The topological polar surface area (TPSA) is 104 Å². The molecule has 4 N–H and O–H groups in total.